The SMILES string of the molecule is CC[C@@H](C)c1ccc(OCC(=O)Nc2cccc(C(=O)O)c2)cc1. The van der Waals surface area contributed by atoms with Crippen LogP contribution in [0, 0.1) is 0 Å². The molecule has 5 heteroatoms. The van der Waals surface area contributed by atoms with Gasteiger partial charge >= 0.3 is 5.97 Å². The van der Waals surface area contributed by atoms with Crippen LogP contribution in [-0.2, 0) is 4.79 Å². The molecule has 0 fully saturated rings. The van der Waals surface area contributed by atoms with Crippen molar-refractivity contribution >= 4 is 17.6 Å². The van der Waals surface area contributed by atoms with Gasteiger partial charge in [-0.2, -0.15) is 0 Å². The number of hydrogen-bond donors (Lipinski definition) is 2. The molecule has 1 amide bonds. The van der Waals surface area contributed by atoms with E-state index in [2.05, 4.69) is 19.2 Å². The highest BCUT2D eigenvalue weighted by molar-refractivity contribution is 5.94. The molecule has 2 aromatic carbocycles. The van der Waals surface area contributed by atoms with E-state index in [-0.39, 0.29) is 18.1 Å². The van der Waals surface area contributed by atoms with E-state index in [0.717, 1.165) is 6.42 Å². The van der Waals surface area contributed by atoms with E-state index in [4.69, 9.17) is 9.84 Å². The highest BCUT2D eigenvalue weighted by atomic mass is 16.5. The summed E-state index contributed by atoms with van der Waals surface area (Å²) in [5.74, 6) is -0.271. The van der Waals surface area contributed by atoms with Crippen LogP contribution in [-0.4, -0.2) is 23.6 Å². The van der Waals surface area contributed by atoms with E-state index in [1.165, 1.54) is 17.7 Å². The zero-order valence-corrected chi connectivity index (χ0v) is 13.8. The van der Waals surface area contributed by atoms with E-state index in [1.54, 1.807) is 12.1 Å². The third kappa shape index (κ3) is 4.84. The Balaban J connectivity index is 1.89. The van der Waals surface area contributed by atoms with Gasteiger partial charge in [0.25, 0.3) is 5.91 Å². The fourth-order valence-electron chi connectivity index (χ4n) is 2.20. The van der Waals surface area contributed by atoms with Crippen molar-refractivity contribution in [3.05, 3.63) is 59.7 Å². The van der Waals surface area contributed by atoms with Gasteiger partial charge in [0.05, 0.1) is 5.56 Å². The van der Waals surface area contributed by atoms with Gasteiger partial charge in [-0.3, -0.25) is 4.79 Å². The standard InChI is InChI=1S/C19H21NO4/c1-3-13(2)14-7-9-17(10-8-14)24-12-18(21)20-16-6-4-5-15(11-16)19(22)23/h4-11,13H,3,12H2,1-2H3,(H,20,21)(H,22,23)/t13-/m1/s1. The number of aromatic carboxylic acids is 1. The minimum atomic E-state index is -1.04. The Morgan fingerprint density at radius 1 is 1.17 bits per heavy atom. The molecule has 0 aromatic heterocycles. The topological polar surface area (TPSA) is 75.6 Å². The van der Waals surface area contributed by atoms with Gasteiger partial charge in [0, 0.05) is 5.69 Å². The van der Waals surface area contributed by atoms with Gasteiger partial charge in [0.1, 0.15) is 5.75 Å². The van der Waals surface area contributed by atoms with Crippen LogP contribution in [0.4, 0.5) is 5.69 Å². The summed E-state index contributed by atoms with van der Waals surface area (Å²) in [4.78, 5) is 22.8. The van der Waals surface area contributed by atoms with Crippen molar-refractivity contribution in [2.45, 2.75) is 26.2 Å². The summed E-state index contributed by atoms with van der Waals surface area (Å²) in [5.41, 5.74) is 1.78. The second-order valence-electron chi connectivity index (χ2n) is 5.60. The summed E-state index contributed by atoms with van der Waals surface area (Å²) in [6.07, 6.45) is 1.07. The first kappa shape index (κ1) is 17.5. The number of carboxylic acids is 1. The van der Waals surface area contributed by atoms with Crippen molar-refractivity contribution in [3.63, 3.8) is 0 Å². The Kier molecular flexibility index (Phi) is 5.95. The van der Waals surface area contributed by atoms with Crippen LogP contribution in [0.25, 0.3) is 0 Å². The van der Waals surface area contributed by atoms with Crippen LogP contribution in [0.2, 0.25) is 0 Å². The van der Waals surface area contributed by atoms with Gasteiger partial charge in [-0.1, -0.05) is 32.0 Å². The molecule has 0 aliphatic carbocycles. The van der Waals surface area contributed by atoms with Gasteiger partial charge in [-0.25, -0.2) is 4.79 Å². The third-order valence-corrected chi connectivity index (χ3v) is 3.82. The van der Waals surface area contributed by atoms with Gasteiger partial charge in [-0.05, 0) is 48.2 Å². The van der Waals surface area contributed by atoms with Gasteiger partial charge in [-0.15, -0.1) is 0 Å². The Hall–Kier alpha value is -2.82. The highest BCUT2D eigenvalue weighted by Crippen LogP contribution is 2.21. The van der Waals surface area contributed by atoms with E-state index in [1.807, 2.05) is 24.3 Å². The van der Waals surface area contributed by atoms with Crippen LogP contribution in [0.5, 0.6) is 5.75 Å². The van der Waals surface area contributed by atoms with E-state index < -0.39 is 5.97 Å². The molecule has 0 saturated carbocycles. The molecule has 0 aliphatic heterocycles. The first-order valence-corrected chi connectivity index (χ1v) is 7.85. The first-order valence-electron chi connectivity index (χ1n) is 7.85. The summed E-state index contributed by atoms with van der Waals surface area (Å²) in [7, 11) is 0. The molecule has 0 unspecified atom stereocenters. The molecule has 1 atom stereocenters. The van der Waals surface area contributed by atoms with Crippen molar-refractivity contribution < 1.29 is 19.4 Å². The second-order valence-corrected chi connectivity index (χ2v) is 5.60. The average Bonchev–Trinajstić information content (AvgIpc) is 2.60. The van der Waals surface area contributed by atoms with Crippen molar-refractivity contribution in [2.24, 2.45) is 0 Å². The monoisotopic (exact) mass is 327 g/mol. The highest BCUT2D eigenvalue weighted by Gasteiger charge is 2.08. The normalized spacial score (nSPS) is 11.6. The number of nitrogens with one attached hydrogen (secondary N) is 1. The van der Waals surface area contributed by atoms with Crippen LogP contribution in [0.1, 0.15) is 42.1 Å². The van der Waals surface area contributed by atoms with Crippen molar-refractivity contribution in [1.29, 1.82) is 0 Å². The Morgan fingerprint density at radius 3 is 2.50 bits per heavy atom. The predicted molar refractivity (Wildman–Crippen MR) is 92.7 cm³/mol. The molecule has 0 radical (unpaired) electrons. The fraction of sp³-hybridized carbons (Fsp3) is 0.263. The van der Waals surface area contributed by atoms with E-state index in [0.29, 0.717) is 17.4 Å². The van der Waals surface area contributed by atoms with Crippen LogP contribution >= 0.6 is 0 Å². The number of anilines is 1. The number of carboxylic acid groups (broad SMARTS) is 1. The quantitative estimate of drug-likeness (QED) is 0.808. The largest absolute Gasteiger partial charge is 0.484 e. The lowest BCUT2D eigenvalue weighted by Crippen LogP contribution is -2.20. The van der Waals surface area contributed by atoms with Crippen LogP contribution < -0.4 is 10.1 Å². The van der Waals surface area contributed by atoms with Crippen molar-refractivity contribution in [3.8, 4) is 5.75 Å². The summed E-state index contributed by atoms with van der Waals surface area (Å²) in [5, 5.41) is 11.6. The summed E-state index contributed by atoms with van der Waals surface area (Å²) in [6.45, 7) is 4.16. The zero-order chi connectivity index (χ0) is 17.5. The molecular weight excluding hydrogens is 306 g/mol. The summed E-state index contributed by atoms with van der Waals surface area (Å²) >= 11 is 0. The molecule has 0 spiro atoms. The van der Waals surface area contributed by atoms with Gasteiger partial charge in [0.15, 0.2) is 6.61 Å². The van der Waals surface area contributed by atoms with Crippen molar-refractivity contribution in [1.82, 2.24) is 0 Å². The Morgan fingerprint density at radius 2 is 1.88 bits per heavy atom. The fourth-order valence-corrected chi connectivity index (χ4v) is 2.20. The third-order valence-electron chi connectivity index (χ3n) is 3.82. The number of ether oxygens (including phenoxy) is 1. The molecule has 0 heterocycles. The van der Waals surface area contributed by atoms with Crippen LogP contribution in [0.3, 0.4) is 0 Å². The number of hydrogen-bond acceptors (Lipinski definition) is 3. The van der Waals surface area contributed by atoms with E-state index in [9.17, 15) is 9.59 Å². The molecule has 126 valence electrons. The molecule has 0 aliphatic rings. The lowest BCUT2D eigenvalue weighted by Gasteiger charge is -2.11. The first-order chi connectivity index (χ1) is 11.5. The lowest BCUT2D eigenvalue weighted by molar-refractivity contribution is -0.118. The minimum absolute atomic E-state index is 0.120. The maximum atomic E-state index is 11.9. The number of amides is 1. The van der Waals surface area contributed by atoms with Gasteiger partial charge < -0.3 is 15.2 Å². The molecule has 0 saturated heterocycles. The van der Waals surface area contributed by atoms with Crippen LogP contribution in [0.15, 0.2) is 48.5 Å². The summed E-state index contributed by atoms with van der Waals surface area (Å²) < 4.78 is 5.46. The maximum Gasteiger partial charge on any atom is 0.335 e. The second kappa shape index (κ2) is 8.15. The predicted octanol–water partition coefficient (Wildman–Crippen LogP) is 3.92. The number of rotatable bonds is 7. The molecule has 2 aromatic rings. The Labute approximate surface area is 141 Å². The lowest BCUT2D eigenvalue weighted by atomic mass is 9.99. The minimum Gasteiger partial charge on any atom is -0.484 e. The number of benzene rings is 2. The molecule has 5 nitrogen and oxygen atoms in total. The van der Waals surface area contributed by atoms with E-state index >= 15 is 0 Å². The summed E-state index contributed by atoms with van der Waals surface area (Å²) in [6, 6.07) is 13.8. The number of carbonyl (C=O) groups excluding carboxylic acids is 1. The maximum absolute atomic E-state index is 11.9. The molecule has 24 heavy (non-hydrogen) atoms. The van der Waals surface area contributed by atoms with Gasteiger partial charge in [0.2, 0.25) is 0 Å². The average molecular weight is 327 g/mol. The molecule has 2 rings (SSSR count). The molecular formula is C19H21NO4. The van der Waals surface area contributed by atoms with Crippen molar-refractivity contribution in [2.75, 3.05) is 11.9 Å². The Bertz CT molecular complexity index is 710. The zero-order valence-electron chi connectivity index (χ0n) is 13.8. The smallest absolute Gasteiger partial charge is 0.335 e. The molecule has 0 bridgehead atoms. The number of carbonyl (C=O) groups is 2. The molecule has 2 N–H and O–H groups in total.